The third kappa shape index (κ3) is 2.76. The maximum Gasteiger partial charge on any atom is 0.288 e. The van der Waals surface area contributed by atoms with Crippen LogP contribution >= 0.6 is 0 Å². The predicted molar refractivity (Wildman–Crippen MR) is 68.3 cm³/mol. The largest absolute Gasteiger partial charge is 0.495 e. The van der Waals surface area contributed by atoms with Crippen LogP contribution in [0.25, 0.3) is 0 Å². The Labute approximate surface area is 105 Å². The number of aromatic nitrogens is 1. The van der Waals surface area contributed by atoms with Crippen molar-refractivity contribution in [1.82, 2.24) is 10.4 Å². The summed E-state index contributed by atoms with van der Waals surface area (Å²) in [6.07, 6.45) is 1.57. The molecule has 0 unspecified atom stereocenters. The van der Waals surface area contributed by atoms with Gasteiger partial charge in [-0.2, -0.15) is 0 Å². The molecule has 2 rings (SSSR count). The van der Waals surface area contributed by atoms with Gasteiger partial charge in [0.25, 0.3) is 5.91 Å². The number of anilines is 1. The molecule has 0 aliphatic rings. The fourth-order valence-electron chi connectivity index (χ4n) is 1.43. The average Bonchev–Trinajstić information content (AvgIpc) is 2.46. The van der Waals surface area contributed by atoms with Crippen molar-refractivity contribution < 1.29 is 9.53 Å². The number of hydrazine groups is 1. The number of nitrogens with zero attached hydrogens (tertiary/aromatic N) is 1. The van der Waals surface area contributed by atoms with Gasteiger partial charge < -0.3 is 4.74 Å². The first-order valence-corrected chi connectivity index (χ1v) is 5.41. The van der Waals surface area contributed by atoms with Crippen molar-refractivity contribution in [3.63, 3.8) is 0 Å². The maximum atomic E-state index is 11.7. The second-order valence-corrected chi connectivity index (χ2v) is 3.49. The van der Waals surface area contributed by atoms with Gasteiger partial charge in [0.2, 0.25) is 0 Å². The van der Waals surface area contributed by atoms with E-state index >= 15 is 0 Å². The highest BCUT2D eigenvalue weighted by molar-refractivity contribution is 5.93. The van der Waals surface area contributed by atoms with Gasteiger partial charge in [0.1, 0.15) is 11.4 Å². The van der Waals surface area contributed by atoms with E-state index in [2.05, 4.69) is 15.8 Å². The highest BCUT2D eigenvalue weighted by atomic mass is 16.5. The lowest BCUT2D eigenvalue weighted by Gasteiger charge is -2.11. The molecule has 0 aliphatic carbocycles. The topological polar surface area (TPSA) is 63.2 Å². The Morgan fingerprint density at radius 2 is 1.94 bits per heavy atom. The highest BCUT2D eigenvalue weighted by Gasteiger charge is 2.06. The Hall–Kier alpha value is -2.56. The molecular weight excluding hydrogens is 230 g/mol. The molecule has 0 radical (unpaired) electrons. The summed E-state index contributed by atoms with van der Waals surface area (Å²) in [5, 5.41) is 0. The van der Waals surface area contributed by atoms with Crippen LogP contribution in [0.2, 0.25) is 0 Å². The van der Waals surface area contributed by atoms with Gasteiger partial charge in [0.05, 0.1) is 12.8 Å². The first-order chi connectivity index (χ1) is 8.81. The first kappa shape index (κ1) is 11.9. The number of carbonyl (C=O) groups is 1. The summed E-state index contributed by atoms with van der Waals surface area (Å²) in [6.45, 7) is 0. The fourth-order valence-corrected chi connectivity index (χ4v) is 1.43. The first-order valence-electron chi connectivity index (χ1n) is 5.41. The third-order valence-electron chi connectivity index (χ3n) is 2.32. The Morgan fingerprint density at radius 1 is 1.17 bits per heavy atom. The van der Waals surface area contributed by atoms with E-state index in [1.807, 2.05) is 12.1 Å². The van der Waals surface area contributed by atoms with Crippen molar-refractivity contribution in [3.05, 3.63) is 54.4 Å². The van der Waals surface area contributed by atoms with E-state index in [1.54, 1.807) is 43.6 Å². The van der Waals surface area contributed by atoms with Gasteiger partial charge >= 0.3 is 0 Å². The van der Waals surface area contributed by atoms with Gasteiger partial charge in [-0.05, 0) is 24.3 Å². The van der Waals surface area contributed by atoms with Gasteiger partial charge in [-0.3, -0.25) is 20.6 Å². The van der Waals surface area contributed by atoms with E-state index in [-0.39, 0.29) is 5.91 Å². The van der Waals surface area contributed by atoms with Crippen molar-refractivity contribution in [1.29, 1.82) is 0 Å². The molecule has 0 saturated heterocycles. The quantitative estimate of drug-likeness (QED) is 0.804. The van der Waals surface area contributed by atoms with Crippen LogP contribution in [0.4, 0.5) is 5.69 Å². The summed E-state index contributed by atoms with van der Waals surface area (Å²) in [6, 6.07) is 12.4. The summed E-state index contributed by atoms with van der Waals surface area (Å²) >= 11 is 0. The van der Waals surface area contributed by atoms with E-state index in [9.17, 15) is 4.79 Å². The number of hydrogen-bond acceptors (Lipinski definition) is 4. The van der Waals surface area contributed by atoms with Crippen LogP contribution in [-0.4, -0.2) is 18.0 Å². The minimum atomic E-state index is -0.304. The third-order valence-corrected chi connectivity index (χ3v) is 2.32. The Kier molecular flexibility index (Phi) is 3.76. The minimum absolute atomic E-state index is 0.304. The van der Waals surface area contributed by atoms with Crippen LogP contribution in [0.3, 0.4) is 0 Å². The standard InChI is InChI=1S/C13H13N3O2/c1-18-12-8-3-2-6-10(12)15-16-13(17)11-7-4-5-9-14-11/h2-9,15H,1H3,(H,16,17). The van der Waals surface area contributed by atoms with Gasteiger partial charge in [-0.25, -0.2) is 0 Å². The van der Waals surface area contributed by atoms with Crippen LogP contribution in [0.1, 0.15) is 10.5 Å². The number of nitrogens with one attached hydrogen (secondary N) is 2. The number of carbonyl (C=O) groups excluding carboxylic acids is 1. The monoisotopic (exact) mass is 243 g/mol. The Balaban J connectivity index is 2.02. The molecule has 1 heterocycles. The molecule has 2 N–H and O–H groups in total. The molecule has 0 aliphatic heterocycles. The normalized spacial score (nSPS) is 9.61. The van der Waals surface area contributed by atoms with Crippen LogP contribution in [-0.2, 0) is 0 Å². The lowest BCUT2D eigenvalue weighted by atomic mass is 10.3. The predicted octanol–water partition coefficient (Wildman–Crippen LogP) is 1.85. The molecule has 5 nitrogen and oxygen atoms in total. The van der Waals surface area contributed by atoms with E-state index in [0.717, 1.165) is 0 Å². The van der Waals surface area contributed by atoms with E-state index in [4.69, 9.17) is 4.74 Å². The fraction of sp³-hybridized carbons (Fsp3) is 0.0769. The number of hydrogen-bond donors (Lipinski definition) is 2. The molecule has 0 spiro atoms. The molecule has 1 aromatic heterocycles. The lowest BCUT2D eigenvalue weighted by molar-refractivity contribution is 0.0957. The highest BCUT2D eigenvalue weighted by Crippen LogP contribution is 2.21. The minimum Gasteiger partial charge on any atom is -0.495 e. The van der Waals surface area contributed by atoms with Crippen LogP contribution in [0.15, 0.2) is 48.7 Å². The number of para-hydroxylation sites is 2. The molecule has 0 atom stereocenters. The summed E-state index contributed by atoms with van der Waals surface area (Å²) in [4.78, 5) is 15.7. The Morgan fingerprint density at radius 3 is 2.67 bits per heavy atom. The van der Waals surface area contributed by atoms with Gasteiger partial charge in [-0.15, -0.1) is 0 Å². The van der Waals surface area contributed by atoms with Gasteiger partial charge in [-0.1, -0.05) is 18.2 Å². The second-order valence-electron chi connectivity index (χ2n) is 3.49. The van der Waals surface area contributed by atoms with Crippen molar-refractivity contribution in [3.8, 4) is 5.75 Å². The molecular formula is C13H13N3O2. The second kappa shape index (κ2) is 5.67. The van der Waals surface area contributed by atoms with Gasteiger partial charge in [0.15, 0.2) is 0 Å². The van der Waals surface area contributed by atoms with Crippen LogP contribution in [0.5, 0.6) is 5.75 Å². The number of ether oxygens (including phenoxy) is 1. The van der Waals surface area contributed by atoms with Crippen LogP contribution < -0.4 is 15.6 Å². The molecule has 0 saturated carbocycles. The molecule has 5 heteroatoms. The molecule has 1 aromatic carbocycles. The number of rotatable bonds is 4. The van der Waals surface area contributed by atoms with Crippen LogP contribution in [0, 0.1) is 0 Å². The van der Waals surface area contributed by atoms with Crippen molar-refractivity contribution >= 4 is 11.6 Å². The zero-order chi connectivity index (χ0) is 12.8. The average molecular weight is 243 g/mol. The zero-order valence-corrected chi connectivity index (χ0v) is 9.88. The lowest BCUT2D eigenvalue weighted by Crippen LogP contribution is -2.30. The van der Waals surface area contributed by atoms with Crippen molar-refractivity contribution in [2.24, 2.45) is 0 Å². The molecule has 0 fully saturated rings. The number of benzene rings is 1. The number of pyridine rings is 1. The maximum absolute atomic E-state index is 11.7. The Bertz CT molecular complexity index is 529. The van der Waals surface area contributed by atoms with Crippen molar-refractivity contribution in [2.45, 2.75) is 0 Å². The molecule has 92 valence electrons. The summed E-state index contributed by atoms with van der Waals surface area (Å²) in [5.41, 5.74) is 6.39. The number of amides is 1. The summed E-state index contributed by atoms with van der Waals surface area (Å²) in [7, 11) is 1.57. The van der Waals surface area contributed by atoms with E-state index < -0.39 is 0 Å². The molecule has 1 amide bonds. The molecule has 0 bridgehead atoms. The summed E-state index contributed by atoms with van der Waals surface area (Å²) < 4.78 is 5.15. The zero-order valence-electron chi connectivity index (χ0n) is 9.88. The van der Waals surface area contributed by atoms with E-state index in [0.29, 0.717) is 17.1 Å². The summed E-state index contributed by atoms with van der Waals surface area (Å²) in [5.74, 6) is 0.348. The molecule has 18 heavy (non-hydrogen) atoms. The van der Waals surface area contributed by atoms with Gasteiger partial charge in [0, 0.05) is 6.20 Å². The number of methoxy groups -OCH3 is 1. The van der Waals surface area contributed by atoms with Crippen molar-refractivity contribution in [2.75, 3.05) is 12.5 Å². The SMILES string of the molecule is COc1ccccc1NNC(=O)c1ccccn1. The molecule has 2 aromatic rings. The van der Waals surface area contributed by atoms with E-state index in [1.165, 1.54) is 0 Å². The smallest absolute Gasteiger partial charge is 0.288 e.